The molecule has 0 saturated carbocycles. The van der Waals surface area contributed by atoms with E-state index in [-0.39, 0.29) is 36.5 Å². The van der Waals surface area contributed by atoms with Crippen LogP contribution in [0.4, 0.5) is 0 Å². The minimum absolute atomic E-state index is 0.0410. The van der Waals surface area contributed by atoms with Crippen LogP contribution in [0.25, 0.3) is 0 Å². The van der Waals surface area contributed by atoms with Crippen LogP contribution in [0.5, 0.6) is 0 Å². The van der Waals surface area contributed by atoms with Crippen molar-refractivity contribution in [3.63, 3.8) is 0 Å². The minimum atomic E-state index is -1.40. The van der Waals surface area contributed by atoms with Crippen LogP contribution in [0.1, 0.15) is 67.2 Å². The first kappa shape index (κ1) is 35.3. The van der Waals surface area contributed by atoms with E-state index in [1.807, 2.05) is 32.8 Å². The first-order valence-electron chi connectivity index (χ1n) is 15.8. The van der Waals surface area contributed by atoms with E-state index in [0.717, 1.165) is 32.5 Å². The molecular weight excluding hydrogens is 538 g/mol. The van der Waals surface area contributed by atoms with E-state index in [4.69, 9.17) is 18.9 Å². The number of carbonyl (C=O) groups excluding carboxylic acids is 2. The second-order valence-corrected chi connectivity index (χ2v) is 14.5. The number of aliphatic hydroxyl groups is 1. The Hall–Kier alpha value is -1.14. The van der Waals surface area contributed by atoms with Gasteiger partial charge in [-0.25, -0.2) is 0 Å². The summed E-state index contributed by atoms with van der Waals surface area (Å²) in [5.41, 5.74) is -2.30. The summed E-state index contributed by atoms with van der Waals surface area (Å²) in [6.07, 6.45) is 0.660. The van der Waals surface area contributed by atoms with Crippen molar-refractivity contribution in [2.24, 2.45) is 23.2 Å². The highest BCUT2D eigenvalue weighted by Crippen LogP contribution is 2.38. The number of esters is 1. The van der Waals surface area contributed by atoms with Gasteiger partial charge < -0.3 is 33.9 Å². The van der Waals surface area contributed by atoms with Crippen molar-refractivity contribution in [1.82, 2.24) is 14.7 Å². The summed E-state index contributed by atoms with van der Waals surface area (Å²) in [7, 11) is 9.75. The maximum atomic E-state index is 14.2. The molecule has 3 aliphatic heterocycles. The number of methoxy groups -OCH3 is 1. The minimum Gasteiger partial charge on any atom is -0.463 e. The van der Waals surface area contributed by atoms with E-state index < -0.39 is 41.4 Å². The van der Waals surface area contributed by atoms with Crippen LogP contribution in [0.15, 0.2) is 0 Å². The van der Waals surface area contributed by atoms with E-state index in [0.29, 0.717) is 18.8 Å². The zero-order valence-electron chi connectivity index (χ0n) is 28.1. The van der Waals surface area contributed by atoms with Gasteiger partial charge in [0.15, 0.2) is 12.1 Å². The van der Waals surface area contributed by atoms with Gasteiger partial charge in [-0.05, 0) is 99.9 Å². The van der Waals surface area contributed by atoms with E-state index in [2.05, 4.69) is 30.8 Å². The zero-order chi connectivity index (χ0) is 31.6. The molecule has 244 valence electrons. The molecule has 3 fully saturated rings. The highest BCUT2D eigenvalue weighted by atomic mass is 16.7. The Kier molecular flexibility index (Phi) is 12.0. The zero-order valence-corrected chi connectivity index (χ0v) is 28.1. The standard InChI is InChI=1S/C32H59N3O7/c1-20-16-32(6,39-11)28(42-29-26(36)24(33(7)8)15-21(2)41-29)22(3)27(37)31(4,5)30(38)40-19-25(35(10)17-20)23-13-12-14-34(9)18-23/h20-26,28-29,36H,12-19H2,1-11H3/t20-,21-,22+,23+,24+,25-,26-,28-,29+,32-/m1/s1. The predicted octanol–water partition coefficient (Wildman–Crippen LogP) is 2.66. The number of aliphatic hydroxyl groups excluding tert-OH is 1. The second kappa shape index (κ2) is 14.3. The van der Waals surface area contributed by atoms with Crippen LogP contribution in [0, 0.1) is 23.2 Å². The molecule has 10 atom stereocenters. The van der Waals surface area contributed by atoms with Crippen molar-refractivity contribution in [1.29, 1.82) is 0 Å². The SMILES string of the molecule is CO[C@]1(C)C[C@@H](C)CN(C)[C@@H]([C@H]2CCCN(C)C2)COC(=O)C(C)(C)C(=O)[C@H](C)[C@H]1O[C@@H]1O[C@H](C)C[C@H](N(C)C)[C@H]1O. The van der Waals surface area contributed by atoms with Crippen LogP contribution in [-0.4, -0.2) is 135 Å². The van der Waals surface area contributed by atoms with Gasteiger partial charge in [-0.1, -0.05) is 13.8 Å². The quantitative estimate of drug-likeness (QED) is 0.376. The van der Waals surface area contributed by atoms with Gasteiger partial charge in [0.25, 0.3) is 0 Å². The van der Waals surface area contributed by atoms with Crippen molar-refractivity contribution in [2.75, 3.05) is 61.5 Å². The van der Waals surface area contributed by atoms with Gasteiger partial charge in [0.2, 0.25) is 0 Å². The molecule has 0 aromatic rings. The van der Waals surface area contributed by atoms with Gasteiger partial charge in [-0.2, -0.15) is 0 Å². The topological polar surface area (TPSA) is 101 Å². The molecule has 3 saturated heterocycles. The van der Waals surface area contributed by atoms with Crippen molar-refractivity contribution in [3.05, 3.63) is 0 Å². The van der Waals surface area contributed by atoms with Gasteiger partial charge in [-0.15, -0.1) is 0 Å². The van der Waals surface area contributed by atoms with Crippen molar-refractivity contribution < 1.29 is 33.6 Å². The number of hydrogen-bond donors (Lipinski definition) is 1. The molecule has 3 aliphatic rings. The molecule has 0 spiro atoms. The fraction of sp³-hybridized carbons (Fsp3) is 0.938. The maximum absolute atomic E-state index is 14.2. The maximum Gasteiger partial charge on any atom is 0.319 e. The first-order valence-corrected chi connectivity index (χ1v) is 15.8. The summed E-state index contributed by atoms with van der Waals surface area (Å²) in [5, 5.41) is 11.3. The Bertz CT molecular complexity index is 917. The number of ketones is 1. The van der Waals surface area contributed by atoms with Crippen molar-refractivity contribution >= 4 is 11.8 Å². The Morgan fingerprint density at radius 2 is 1.74 bits per heavy atom. The van der Waals surface area contributed by atoms with Gasteiger partial charge >= 0.3 is 5.97 Å². The lowest BCUT2D eigenvalue weighted by Gasteiger charge is -2.47. The normalized spacial score (nSPS) is 42.0. The number of piperidine rings is 1. The summed E-state index contributed by atoms with van der Waals surface area (Å²) in [4.78, 5) is 34.4. The molecule has 0 bridgehead atoms. The molecule has 42 heavy (non-hydrogen) atoms. The van der Waals surface area contributed by atoms with Crippen LogP contribution in [0.2, 0.25) is 0 Å². The van der Waals surface area contributed by atoms with Crippen molar-refractivity contribution in [2.45, 2.75) is 110 Å². The number of Topliss-reactive ketones (excluding diaryl/α,β-unsaturated/α-hetero) is 1. The number of hydrogen-bond acceptors (Lipinski definition) is 10. The molecule has 10 heteroatoms. The Balaban J connectivity index is 1.99. The lowest BCUT2D eigenvalue weighted by molar-refractivity contribution is -0.295. The molecule has 10 nitrogen and oxygen atoms in total. The summed E-state index contributed by atoms with van der Waals surface area (Å²) in [5.74, 6) is -1.01. The summed E-state index contributed by atoms with van der Waals surface area (Å²) < 4.78 is 25.0. The fourth-order valence-corrected chi connectivity index (χ4v) is 7.58. The average molecular weight is 598 g/mol. The average Bonchev–Trinajstić information content (AvgIpc) is 2.91. The lowest BCUT2D eigenvalue weighted by Crippen LogP contribution is -2.59. The van der Waals surface area contributed by atoms with Crippen LogP contribution in [-0.2, 0) is 28.5 Å². The molecule has 3 rings (SSSR count). The Labute approximate surface area is 254 Å². The molecule has 0 amide bonds. The van der Waals surface area contributed by atoms with Crippen LogP contribution >= 0.6 is 0 Å². The first-order chi connectivity index (χ1) is 19.5. The fourth-order valence-electron chi connectivity index (χ4n) is 7.58. The highest BCUT2D eigenvalue weighted by Gasteiger charge is 2.51. The molecule has 1 N–H and O–H groups in total. The number of cyclic esters (lactones) is 1. The third kappa shape index (κ3) is 7.92. The van der Waals surface area contributed by atoms with Crippen molar-refractivity contribution in [3.8, 4) is 0 Å². The highest BCUT2D eigenvalue weighted by molar-refractivity contribution is 6.04. The second-order valence-electron chi connectivity index (χ2n) is 14.5. The van der Waals surface area contributed by atoms with Gasteiger partial charge in [0.05, 0.1) is 17.8 Å². The molecule has 0 radical (unpaired) electrons. The van der Waals surface area contributed by atoms with Gasteiger partial charge in [0, 0.05) is 38.2 Å². The molecule has 0 aromatic carbocycles. The number of likely N-dealkylation sites (N-methyl/N-ethyl adjacent to an activating group) is 2. The largest absolute Gasteiger partial charge is 0.463 e. The Morgan fingerprint density at radius 1 is 1.07 bits per heavy atom. The molecular formula is C32H59N3O7. The molecule has 0 aliphatic carbocycles. The van der Waals surface area contributed by atoms with E-state index in [9.17, 15) is 14.7 Å². The van der Waals surface area contributed by atoms with Gasteiger partial charge in [0.1, 0.15) is 18.1 Å². The monoisotopic (exact) mass is 597 g/mol. The number of likely N-dealkylation sites (tertiary alicyclic amines) is 1. The summed E-state index contributed by atoms with van der Waals surface area (Å²) in [6.45, 7) is 14.2. The van der Waals surface area contributed by atoms with E-state index in [1.54, 1.807) is 27.9 Å². The smallest absolute Gasteiger partial charge is 0.319 e. The third-order valence-corrected chi connectivity index (χ3v) is 10.1. The summed E-state index contributed by atoms with van der Waals surface area (Å²) >= 11 is 0. The van der Waals surface area contributed by atoms with Gasteiger partial charge in [-0.3, -0.25) is 14.5 Å². The molecule has 3 heterocycles. The number of nitrogens with zero attached hydrogens (tertiary/aromatic N) is 3. The molecule has 0 unspecified atom stereocenters. The Morgan fingerprint density at radius 3 is 2.33 bits per heavy atom. The van der Waals surface area contributed by atoms with E-state index >= 15 is 0 Å². The third-order valence-electron chi connectivity index (χ3n) is 10.1. The number of rotatable bonds is 5. The predicted molar refractivity (Wildman–Crippen MR) is 162 cm³/mol. The van der Waals surface area contributed by atoms with Crippen LogP contribution < -0.4 is 0 Å². The van der Waals surface area contributed by atoms with Crippen LogP contribution in [0.3, 0.4) is 0 Å². The lowest BCUT2D eigenvalue weighted by atomic mass is 9.74. The number of ether oxygens (including phenoxy) is 4. The van der Waals surface area contributed by atoms with E-state index in [1.165, 1.54) is 0 Å². The number of carbonyl (C=O) groups is 2. The summed E-state index contributed by atoms with van der Waals surface area (Å²) in [6, 6.07) is -0.123. The molecule has 0 aromatic heterocycles.